The first kappa shape index (κ1) is 12.2. The van der Waals surface area contributed by atoms with Crippen molar-refractivity contribution < 1.29 is 6.15 Å². The second-order valence-corrected chi connectivity index (χ2v) is 6.10. The summed E-state index contributed by atoms with van der Waals surface area (Å²) in [7, 11) is 1.57. The third-order valence-corrected chi connectivity index (χ3v) is 4.78. The van der Waals surface area contributed by atoms with E-state index < -0.39 is 0 Å². The highest BCUT2D eigenvalue weighted by Gasteiger charge is 2.30. The van der Waals surface area contributed by atoms with Crippen LogP contribution in [0, 0.1) is 0 Å². The van der Waals surface area contributed by atoms with E-state index >= 15 is 0 Å². The topological polar surface area (TPSA) is 90.6 Å². The van der Waals surface area contributed by atoms with E-state index in [1.165, 1.54) is 20.4 Å². The highest BCUT2D eigenvalue weighted by molar-refractivity contribution is 7.10. The Hall–Kier alpha value is -2.42. The van der Waals surface area contributed by atoms with E-state index in [0.29, 0.717) is 17.5 Å². The summed E-state index contributed by atoms with van der Waals surface area (Å²) in [5.74, 6) is 0.916. The zero-order chi connectivity index (χ0) is 16.0. The highest BCUT2D eigenvalue weighted by Crippen LogP contribution is 2.46. The molecule has 0 saturated heterocycles. The first-order valence-electron chi connectivity index (χ1n) is 7.35. The van der Waals surface area contributed by atoms with E-state index in [4.69, 9.17) is 6.15 Å². The molecule has 22 heavy (non-hydrogen) atoms. The number of thiophene rings is 1. The average molecular weight is 320 g/mol. The molecule has 4 rings (SSSR count). The predicted octanol–water partition coefficient (Wildman–Crippen LogP) is 1.21. The van der Waals surface area contributed by atoms with Crippen molar-refractivity contribution in [2.45, 2.75) is 25.4 Å². The second kappa shape index (κ2) is 5.09. The maximum Gasteiger partial charge on any atom is 0.368 e. The average Bonchev–Trinajstić information content (AvgIpc) is 3.03. The number of hydrogen-bond donors (Lipinski definition) is 1. The van der Waals surface area contributed by atoms with E-state index in [0.717, 1.165) is 23.5 Å². The maximum absolute atomic E-state index is 12.1. The fourth-order valence-electron chi connectivity index (χ4n) is 2.31. The molecule has 3 heterocycles. The Morgan fingerprint density at radius 1 is 1.55 bits per heavy atom. The largest absolute Gasteiger partial charge is 0.472 e. The summed E-state index contributed by atoms with van der Waals surface area (Å²) < 4.78 is 15.5. The normalized spacial score (nSPS) is 15.0. The Kier molecular flexibility index (Phi) is 2.81. The zero-order valence-electron chi connectivity index (χ0n) is 12.8. The fraction of sp³-hybridized carbons (Fsp3) is 0.385. The van der Waals surface area contributed by atoms with Gasteiger partial charge in [-0.25, -0.2) is 4.79 Å². The van der Waals surface area contributed by atoms with E-state index in [9.17, 15) is 4.79 Å². The third-order valence-electron chi connectivity index (χ3n) is 3.61. The molecule has 1 N–H and O–H groups in total. The van der Waals surface area contributed by atoms with Crippen LogP contribution in [0.1, 0.15) is 29.2 Å². The molecule has 8 nitrogen and oxygen atoms in total. The fourth-order valence-corrected chi connectivity index (χ4v) is 3.52. The molecule has 0 aromatic carbocycles. The summed E-state index contributed by atoms with van der Waals surface area (Å²) in [6.07, 6.45) is 3.81. The van der Waals surface area contributed by atoms with Crippen molar-refractivity contribution in [1.82, 2.24) is 30.0 Å². The highest BCUT2D eigenvalue weighted by atomic mass is 32.1. The number of hydrogen-bond acceptors (Lipinski definition) is 6. The first-order valence-corrected chi connectivity index (χ1v) is 7.79. The predicted molar refractivity (Wildman–Crippen MR) is 79.4 cm³/mol. The van der Waals surface area contributed by atoms with Gasteiger partial charge < -0.3 is 4.74 Å². The standard InChI is InChI=1S/C13H14N6O2S/c1-18-13(20)19(17-16-18)10-7-22-12(8-2-3-8)9(10)6-21-11-4-5-14-15-11/h4-5,7-8H,2-3,6H2,1H3,(H,14,15)/i/hT. The van der Waals surface area contributed by atoms with Crippen LogP contribution in [0.25, 0.3) is 5.69 Å². The molecule has 3 aromatic heterocycles. The van der Waals surface area contributed by atoms with Gasteiger partial charge in [-0.05, 0) is 29.2 Å². The Morgan fingerprint density at radius 3 is 3.05 bits per heavy atom. The maximum atomic E-state index is 12.1. The summed E-state index contributed by atoms with van der Waals surface area (Å²) in [5, 5.41) is 14.4. The van der Waals surface area contributed by atoms with Crippen LogP contribution in [0.15, 0.2) is 22.4 Å². The van der Waals surface area contributed by atoms with E-state index in [1.54, 1.807) is 24.5 Å². The van der Waals surface area contributed by atoms with Crippen LogP contribution in [-0.4, -0.2) is 30.0 Å². The molecule has 1 fully saturated rings. The number of nitrogens with zero attached hydrogens (tertiary/aromatic N) is 5. The van der Waals surface area contributed by atoms with Crippen LogP contribution in [0.5, 0.6) is 5.88 Å². The van der Waals surface area contributed by atoms with Crippen LogP contribution in [0.2, 0.25) is 1.41 Å². The number of ether oxygens (including phenoxy) is 1. The minimum absolute atomic E-state index is 0.282. The third kappa shape index (κ3) is 2.23. The number of aryl methyl sites for hydroxylation is 1. The molecule has 0 aliphatic heterocycles. The lowest BCUT2D eigenvalue weighted by Gasteiger charge is -2.07. The Balaban J connectivity index is 1.69. The smallest absolute Gasteiger partial charge is 0.368 e. The number of tetrazole rings is 1. The molecule has 0 radical (unpaired) electrons. The lowest BCUT2D eigenvalue weighted by molar-refractivity contribution is 0.292. The van der Waals surface area contributed by atoms with Crippen molar-refractivity contribution in [3.05, 3.63) is 38.6 Å². The molecule has 0 amide bonds. The van der Waals surface area contributed by atoms with E-state index in [-0.39, 0.29) is 12.3 Å². The van der Waals surface area contributed by atoms with Gasteiger partial charge in [-0.2, -0.15) is 9.36 Å². The molecule has 114 valence electrons. The van der Waals surface area contributed by atoms with Gasteiger partial charge in [0.25, 0.3) is 0 Å². The SMILES string of the molecule is [3H]n1ccc(OCc2c(-n3nnn(C)c3=O)csc2C2CC2)n1. The Bertz CT molecular complexity index is 906. The molecule has 1 saturated carbocycles. The lowest BCUT2D eigenvalue weighted by Crippen LogP contribution is -2.22. The van der Waals surface area contributed by atoms with Gasteiger partial charge in [0.2, 0.25) is 5.88 Å². The Labute approximate surface area is 130 Å². The molecule has 1 aliphatic rings. The number of nitrogens with one attached hydrogen (secondary N) is 1. The minimum Gasteiger partial charge on any atom is -0.472 e. The number of aromatic nitrogens is 6. The minimum atomic E-state index is -0.290. The van der Waals surface area contributed by atoms with E-state index in [1.807, 2.05) is 5.38 Å². The molecule has 0 unspecified atom stereocenters. The monoisotopic (exact) mass is 320 g/mol. The van der Waals surface area contributed by atoms with Crippen molar-refractivity contribution in [2.75, 3.05) is 0 Å². The van der Waals surface area contributed by atoms with Crippen LogP contribution < -0.4 is 10.4 Å². The molecule has 0 atom stereocenters. The van der Waals surface area contributed by atoms with Gasteiger partial charge in [0, 0.05) is 35.1 Å². The van der Waals surface area contributed by atoms with Crippen molar-refractivity contribution in [2.24, 2.45) is 7.05 Å². The van der Waals surface area contributed by atoms with Gasteiger partial charge >= 0.3 is 5.69 Å². The van der Waals surface area contributed by atoms with E-state index in [2.05, 4.69) is 15.5 Å². The number of aromatic amines is 1. The summed E-state index contributed by atoms with van der Waals surface area (Å²) in [6, 6.07) is 1.63. The van der Waals surface area contributed by atoms with Crippen molar-refractivity contribution in [1.29, 1.82) is 0 Å². The molecular formula is C13H14N6O2S. The number of rotatable bonds is 5. The molecule has 3 aromatic rings. The molecule has 1 aliphatic carbocycles. The van der Waals surface area contributed by atoms with Crippen LogP contribution in [0.3, 0.4) is 0 Å². The lowest BCUT2D eigenvalue weighted by atomic mass is 10.2. The van der Waals surface area contributed by atoms with Gasteiger partial charge in [-0.15, -0.1) is 16.4 Å². The van der Waals surface area contributed by atoms with Gasteiger partial charge in [-0.1, -0.05) is 0 Å². The van der Waals surface area contributed by atoms with Gasteiger partial charge in [0.1, 0.15) is 6.61 Å². The number of H-pyrrole nitrogens is 1. The van der Waals surface area contributed by atoms with Crippen LogP contribution >= 0.6 is 11.3 Å². The van der Waals surface area contributed by atoms with Crippen molar-refractivity contribution in [3.8, 4) is 11.6 Å². The van der Waals surface area contributed by atoms with Crippen LogP contribution in [0.4, 0.5) is 0 Å². The summed E-state index contributed by atoms with van der Waals surface area (Å²) in [6.45, 7) is 0.282. The van der Waals surface area contributed by atoms with Crippen molar-refractivity contribution >= 4 is 11.3 Å². The van der Waals surface area contributed by atoms with Gasteiger partial charge in [0.15, 0.2) is 1.41 Å². The molecule has 9 heteroatoms. The zero-order valence-corrected chi connectivity index (χ0v) is 12.7. The molecule has 0 bridgehead atoms. The molecular weight excluding hydrogens is 304 g/mol. The summed E-state index contributed by atoms with van der Waals surface area (Å²) >= 11 is 1.62. The van der Waals surface area contributed by atoms with Gasteiger partial charge in [0.05, 0.1) is 5.69 Å². The quantitative estimate of drug-likeness (QED) is 0.763. The summed E-state index contributed by atoms with van der Waals surface area (Å²) in [4.78, 5) is 13.3. The summed E-state index contributed by atoms with van der Waals surface area (Å²) in [5.41, 5.74) is 1.36. The van der Waals surface area contributed by atoms with Crippen LogP contribution in [-0.2, 0) is 13.7 Å². The second-order valence-electron chi connectivity index (χ2n) is 5.19. The molecule has 0 spiro atoms. The Morgan fingerprint density at radius 2 is 2.41 bits per heavy atom. The van der Waals surface area contributed by atoms with Crippen molar-refractivity contribution in [3.63, 3.8) is 0 Å². The van der Waals surface area contributed by atoms with Gasteiger partial charge in [-0.3, -0.25) is 5.09 Å². The first-order chi connectivity index (χ1) is 11.1.